The molecule has 0 saturated heterocycles. The molecular formula is C35H47N7. The standard InChI is InChI=1S/C35H47N7/c1-2-6-30(7-3-1)24-37-17-5-4-8-35-29-41-23-22-40-27-32-11-9-31(10-12-32)25-38-20-18-36-19-21-39-26-33-13-15-34(16-14-33)28-42-35/h1-3,6-7,9-11,13-16,25-28,32,35-37,41H,4-5,8,12,17-24,29H2/b38-25+,39-26+,40-27+,42-28+. The summed E-state index contributed by atoms with van der Waals surface area (Å²) in [4.78, 5) is 18.8. The molecule has 7 rings (SSSR count). The number of benzene rings is 2. The maximum absolute atomic E-state index is 4.98. The molecule has 42 heavy (non-hydrogen) atoms. The first-order chi connectivity index (χ1) is 20.8. The molecule has 0 aromatic heterocycles. The van der Waals surface area contributed by atoms with Crippen LogP contribution in [0.3, 0.4) is 0 Å². The fraction of sp³-hybridized carbons (Fsp3) is 0.429. The molecule has 0 radical (unpaired) electrons. The summed E-state index contributed by atoms with van der Waals surface area (Å²) in [7, 11) is 0. The highest BCUT2D eigenvalue weighted by Crippen LogP contribution is 2.13. The van der Waals surface area contributed by atoms with Crippen molar-refractivity contribution >= 4 is 24.9 Å². The van der Waals surface area contributed by atoms with E-state index in [0.717, 1.165) is 95.7 Å². The van der Waals surface area contributed by atoms with Crippen molar-refractivity contribution in [2.24, 2.45) is 25.9 Å². The van der Waals surface area contributed by atoms with Gasteiger partial charge in [-0.1, -0.05) is 79.2 Å². The van der Waals surface area contributed by atoms with Gasteiger partial charge in [-0.05, 0) is 48.1 Å². The molecule has 1 aliphatic carbocycles. The number of nitrogens with one attached hydrogen (secondary N) is 3. The lowest BCUT2D eigenvalue weighted by Gasteiger charge is -2.14. The van der Waals surface area contributed by atoms with Crippen LogP contribution in [0.1, 0.15) is 42.4 Å². The van der Waals surface area contributed by atoms with E-state index in [-0.39, 0.29) is 6.04 Å². The van der Waals surface area contributed by atoms with Gasteiger partial charge in [-0.15, -0.1) is 0 Å². The Labute approximate surface area is 252 Å². The molecule has 4 aliphatic heterocycles. The highest BCUT2D eigenvalue weighted by atomic mass is 14.9. The number of aliphatic imine (C=N–C) groups is 4. The first-order valence-corrected chi connectivity index (χ1v) is 15.5. The van der Waals surface area contributed by atoms with Crippen molar-refractivity contribution in [3.05, 3.63) is 95.1 Å². The Morgan fingerprint density at radius 1 is 0.762 bits per heavy atom. The van der Waals surface area contributed by atoms with Gasteiger partial charge in [0, 0.05) is 63.5 Å². The normalized spacial score (nSPS) is 23.7. The van der Waals surface area contributed by atoms with Gasteiger partial charge < -0.3 is 16.0 Å². The van der Waals surface area contributed by atoms with E-state index >= 15 is 0 Å². The second-order valence-corrected chi connectivity index (χ2v) is 10.8. The highest BCUT2D eigenvalue weighted by Gasteiger charge is 2.07. The Morgan fingerprint density at radius 3 is 2.29 bits per heavy atom. The third kappa shape index (κ3) is 13.0. The Hall–Kier alpha value is -3.52. The van der Waals surface area contributed by atoms with Crippen molar-refractivity contribution in [3.63, 3.8) is 0 Å². The molecule has 2 atom stereocenters. The van der Waals surface area contributed by atoms with Crippen LogP contribution >= 0.6 is 0 Å². The van der Waals surface area contributed by atoms with Crippen molar-refractivity contribution < 1.29 is 0 Å². The van der Waals surface area contributed by atoms with E-state index in [2.05, 4.69) is 110 Å². The predicted molar refractivity (Wildman–Crippen MR) is 180 cm³/mol. The zero-order chi connectivity index (χ0) is 28.9. The zero-order valence-electron chi connectivity index (χ0n) is 24.9. The van der Waals surface area contributed by atoms with Crippen molar-refractivity contribution in [2.45, 2.75) is 38.3 Å². The van der Waals surface area contributed by atoms with Crippen LogP contribution in [0.25, 0.3) is 0 Å². The summed E-state index contributed by atoms with van der Waals surface area (Å²) < 4.78 is 0. The summed E-state index contributed by atoms with van der Waals surface area (Å²) in [5.41, 5.74) is 4.73. The number of allylic oxidation sites excluding steroid dienone is 4. The van der Waals surface area contributed by atoms with Gasteiger partial charge >= 0.3 is 0 Å². The molecule has 2 aromatic rings. The van der Waals surface area contributed by atoms with Crippen LogP contribution in [-0.4, -0.2) is 83.3 Å². The third-order valence-electron chi connectivity index (χ3n) is 7.26. The highest BCUT2D eigenvalue weighted by molar-refractivity contribution is 5.84. The largest absolute Gasteiger partial charge is 0.313 e. The SMILES string of the molecule is C1=CC2/C=N/CCNCC(CCCCNCc3ccccc3)/N=C/c3ccc(cc3)/C=N/CCNCC/N=C/C1=CC2. The van der Waals surface area contributed by atoms with Gasteiger partial charge in [-0.25, -0.2) is 0 Å². The van der Waals surface area contributed by atoms with Crippen LogP contribution in [0, 0.1) is 5.92 Å². The third-order valence-corrected chi connectivity index (χ3v) is 7.26. The van der Waals surface area contributed by atoms with Gasteiger partial charge in [0.05, 0.1) is 25.7 Å². The minimum atomic E-state index is 0.238. The molecule has 0 saturated carbocycles. The van der Waals surface area contributed by atoms with Crippen molar-refractivity contribution in [1.82, 2.24) is 16.0 Å². The van der Waals surface area contributed by atoms with E-state index in [1.807, 2.05) is 18.6 Å². The molecule has 3 N–H and O–H groups in total. The molecule has 4 bridgehead atoms. The van der Waals surface area contributed by atoms with Gasteiger partial charge in [0.15, 0.2) is 0 Å². The number of nitrogens with zero attached hydrogens (tertiary/aromatic N) is 4. The van der Waals surface area contributed by atoms with Crippen molar-refractivity contribution in [2.75, 3.05) is 52.4 Å². The van der Waals surface area contributed by atoms with E-state index < -0.39 is 0 Å². The molecule has 2 unspecified atom stereocenters. The van der Waals surface area contributed by atoms with Crippen molar-refractivity contribution in [3.8, 4) is 0 Å². The Morgan fingerprint density at radius 2 is 1.50 bits per heavy atom. The number of hydrogen-bond donors (Lipinski definition) is 3. The number of unbranched alkanes of at least 4 members (excludes halogenated alkanes) is 1. The van der Waals surface area contributed by atoms with Crippen LogP contribution in [0.15, 0.2) is 98.4 Å². The average Bonchev–Trinajstić information content (AvgIpc) is 3.03. The van der Waals surface area contributed by atoms with Crippen LogP contribution in [0.2, 0.25) is 0 Å². The van der Waals surface area contributed by atoms with Crippen molar-refractivity contribution in [1.29, 1.82) is 0 Å². The molecule has 0 fully saturated rings. The topological polar surface area (TPSA) is 85.5 Å². The monoisotopic (exact) mass is 565 g/mol. The minimum Gasteiger partial charge on any atom is -0.313 e. The maximum Gasteiger partial charge on any atom is 0.0624 e. The summed E-state index contributed by atoms with van der Waals surface area (Å²) in [5.74, 6) is 0.363. The Balaban J connectivity index is 1.29. The average molecular weight is 566 g/mol. The van der Waals surface area contributed by atoms with Gasteiger partial charge in [-0.3, -0.25) is 20.0 Å². The fourth-order valence-corrected chi connectivity index (χ4v) is 4.78. The van der Waals surface area contributed by atoms with E-state index in [1.54, 1.807) is 0 Å². The smallest absolute Gasteiger partial charge is 0.0624 e. The molecule has 7 nitrogen and oxygen atoms in total. The first-order valence-electron chi connectivity index (χ1n) is 15.5. The lowest BCUT2D eigenvalue weighted by molar-refractivity contribution is 0.513. The molecule has 7 heteroatoms. The molecular weight excluding hydrogens is 518 g/mol. The summed E-state index contributed by atoms with van der Waals surface area (Å²) >= 11 is 0. The van der Waals surface area contributed by atoms with E-state index in [0.29, 0.717) is 5.92 Å². The Bertz CT molecular complexity index is 1200. The second kappa shape index (κ2) is 19.6. The summed E-state index contributed by atoms with van der Waals surface area (Å²) in [6.45, 7) is 7.65. The van der Waals surface area contributed by atoms with Crippen LogP contribution < -0.4 is 16.0 Å². The first kappa shape index (κ1) is 31.4. The van der Waals surface area contributed by atoms with Gasteiger partial charge in [0.2, 0.25) is 0 Å². The second-order valence-electron chi connectivity index (χ2n) is 10.8. The quantitative estimate of drug-likeness (QED) is 0.426. The molecule has 0 amide bonds. The van der Waals surface area contributed by atoms with E-state index in [9.17, 15) is 0 Å². The maximum atomic E-state index is 4.98. The van der Waals surface area contributed by atoms with Gasteiger partial charge in [0.1, 0.15) is 0 Å². The summed E-state index contributed by atoms with van der Waals surface area (Å²) in [6.07, 6.45) is 19.0. The van der Waals surface area contributed by atoms with E-state index in [4.69, 9.17) is 4.99 Å². The summed E-state index contributed by atoms with van der Waals surface area (Å²) in [5, 5.41) is 10.6. The molecule has 4 heterocycles. The van der Waals surface area contributed by atoms with E-state index in [1.165, 1.54) is 11.1 Å². The lowest BCUT2D eigenvalue weighted by atomic mass is 9.98. The Kier molecular flexibility index (Phi) is 14.6. The zero-order valence-corrected chi connectivity index (χ0v) is 24.9. The van der Waals surface area contributed by atoms with Gasteiger partial charge in [0.25, 0.3) is 0 Å². The summed E-state index contributed by atoms with van der Waals surface area (Å²) in [6, 6.07) is 19.3. The molecule has 5 aliphatic rings. The number of hydrogen-bond acceptors (Lipinski definition) is 7. The van der Waals surface area contributed by atoms with Gasteiger partial charge in [-0.2, -0.15) is 0 Å². The van der Waals surface area contributed by atoms with Crippen LogP contribution in [0.5, 0.6) is 0 Å². The molecule has 2 aromatic carbocycles. The predicted octanol–water partition coefficient (Wildman–Crippen LogP) is 4.69. The minimum absolute atomic E-state index is 0.238. The van der Waals surface area contributed by atoms with Crippen LogP contribution in [-0.2, 0) is 6.54 Å². The lowest BCUT2D eigenvalue weighted by Crippen LogP contribution is -2.28. The number of rotatable bonds is 7. The fourth-order valence-electron chi connectivity index (χ4n) is 4.78. The van der Waals surface area contributed by atoms with Crippen LogP contribution in [0.4, 0.5) is 0 Å². The molecule has 0 spiro atoms. The molecule has 222 valence electrons.